The first kappa shape index (κ1) is 16.7. The number of aliphatic hydroxyl groups is 1. The zero-order valence-electron chi connectivity index (χ0n) is 12.6. The van der Waals surface area contributed by atoms with Crippen molar-refractivity contribution in [2.75, 3.05) is 6.54 Å². The number of amides is 1. The smallest absolute Gasteiger partial charge is 0.260 e. The Labute approximate surface area is 128 Å². The first-order valence-electron chi connectivity index (χ1n) is 7.51. The molecule has 1 amide bonds. The molecule has 0 heterocycles. The Kier molecular flexibility index (Phi) is 5.34. The summed E-state index contributed by atoms with van der Waals surface area (Å²) in [6.45, 7) is 1.69. The molecule has 1 fully saturated rings. The third-order valence-electron chi connectivity index (χ3n) is 3.95. The van der Waals surface area contributed by atoms with Gasteiger partial charge in [0.2, 0.25) is 0 Å². The summed E-state index contributed by atoms with van der Waals surface area (Å²) < 4.78 is 31.2. The molecule has 2 rings (SSSR count). The number of carbonyl (C=O) groups is 1. The molecule has 0 saturated heterocycles. The van der Waals surface area contributed by atoms with Gasteiger partial charge in [0.25, 0.3) is 5.91 Å². The molecule has 0 aromatic heterocycles. The maximum absolute atomic E-state index is 13.1. The van der Waals surface area contributed by atoms with Crippen LogP contribution >= 0.6 is 0 Å². The van der Waals surface area contributed by atoms with Gasteiger partial charge in [0, 0.05) is 12.6 Å². The standard InChI is InChI=1S/C16H21F2NO3/c1-11(22-12-5-6-13(17)14(18)9-12)15(20)19-10-16(21)7-3-2-4-8-16/h5-6,9,11,21H,2-4,7-8,10H2,1H3,(H,19,20). The van der Waals surface area contributed by atoms with Crippen molar-refractivity contribution in [2.45, 2.75) is 50.7 Å². The van der Waals surface area contributed by atoms with Gasteiger partial charge in [0.15, 0.2) is 17.7 Å². The SMILES string of the molecule is CC(Oc1ccc(F)c(F)c1)C(=O)NCC1(O)CCCCC1. The predicted octanol–water partition coefficient (Wildman–Crippen LogP) is 2.54. The van der Waals surface area contributed by atoms with E-state index in [-0.39, 0.29) is 12.3 Å². The lowest BCUT2D eigenvalue weighted by molar-refractivity contribution is -0.128. The number of rotatable bonds is 5. The minimum atomic E-state index is -1.03. The second kappa shape index (κ2) is 7.05. The van der Waals surface area contributed by atoms with Gasteiger partial charge in [-0.05, 0) is 31.9 Å². The molecule has 1 saturated carbocycles. The lowest BCUT2D eigenvalue weighted by Gasteiger charge is -2.32. The van der Waals surface area contributed by atoms with Crippen LogP contribution in [0, 0.1) is 11.6 Å². The van der Waals surface area contributed by atoms with Crippen molar-refractivity contribution < 1.29 is 23.4 Å². The second-order valence-corrected chi connectivity index (χ2v) is 5.84. The maximum atomic E-state index is 13.1. The summed E-state index contributed by atoms with van der Waals surface area (Å²) in [4.78, 5) is 12.0. The van der Waals surface area contributed by atoms with E-state index >= 15 is 0 Å². The Morgan fingerprint density at radius 3 is 2.64 bits per heavy atom. The van der Waals surface area contributed by atoms with Crippen molar-refractivity contribution in [3.05, 3.63) is 29.8 Å². The molecular weight excluding hydrogens is 292 g/mol. The van der Waals surface area contributed by atoms with Crippen LogP contribution in [0.4, 0.5) is 8.78 Å². The number of hydrogen-bond acceptors (Lipinski definition) is 3. The van der Waals surface area contributed by atoms with Crippen molar-refractivity contribution in [2.24, 2.45) is 0 Å². The van der Waals surface area contributed by atoms with Crippen LogP contribution in [0.2, 0.25) is 0 Å². The Morgan fingerprint density at radius 1 is 1.32 bits per heavy atom. The Morgan fingerprint density at radius 2 is 2.00 bits per heavy atom. The van der Waals surface area contributed by atoms with Crippen LogP contribution in [0.25, 0.3) is 0 Å². The monoisotopic (exact) mass is 313 g/mol. The number of halogens is 2. The molecule has 122 valence electrons. The van der Waals surface area contributed by atoms with E-state index in [0.717, 1.165) is 31.4 Å². The average molecular weight is 313 g/mol. The summed E-state index contributed by atoms with van der Waals surface area (Å²) in [5.74, 6) is -2.31. The van der Waals surface area contributed by atoms with Crippen molar-refractivity contribution >= 4 is 5.91 Å². The van der Waals surface area contributed by atoms with E-state index in [1.807, 2.05) is 0 Å². The molecular formula is C16H21F2NO3. The van der Waals surface area contributed by atoms with Crippen molar-refractivity contribution in [3.8, 4) is 5.75 Å². The normalized spacial score (nSPS) is 18.5. The molecule has 0 bridgehead atoms. The molecule has 1 atom stereocenters. The summed E-state index contributed by atoms with van der Waals surface area (Å²) >= 11 is 0. The first-order chi connectivity index (χ1) is 10.4. The number of ether oxygens (including phenoxy) is 1. The first-order valence-corrected chi connectivity index (χ1v) is 7.51. The molecule has 4 nitrogen and oxygen atoms in total. The van der Waals surface area contributed by atoms with Gasteiger partial charge in [-0.25, -0.2) is 8.78 Å². The maximum Gasteiger partial charge on any atom is 0.260 e. The van der Waals surface area contributed by atoms with Crippen LogP contribution in [0.5, 0.6) is 5.75 Å². The highest BCUT2D eigenvalue weighted by molar-refractivity contribution is 5.80. The molecule has 6 heteroatoms. The fourth-order valence-corrected chi connectivity index (χ4v) is 2.59. The Balaban J connectivity index is 1.85. The molecule has 2 N–H and O–H groups in total. The minimum Gasteiger partial charge on any atom is -0.481 e. The molecule has 1 aliphatic rings. The lowest BCUT2D eigenvalue weighted by Crippen LogP contribution is -2.47. The van der Waals surface area contributed by atoms with Gasteiger partial charge >= 0.3 is 0 Å². The summed E-state index contributed by atoms with van der Waals surface area (Å²) in [6, 6.07) is 3.10. The largest absolute Gasteiger partial charge is 0.481 e. The molecule has 1 aromatic rings. The molecule has 1 unspecified atom stereocenters. The third-order valence-corrected chi connectivity index (χ3v) is 3.95. The van der Waals surface area contributed by atoms with Gasteiger partial charge in [-0.1, -0.05) is 19.3 Å². The zero-order valence-corrected chi connectivity index (χ0v) is 12.6. The highest BCUT2D eigenvalue weighted by atomic mass is 19.2. The summed E-state index contributed by atoms with van der Waals surface area (Å²) in [5.41, 5.74) is -0.852. The zero-order chi connectivity index (χ0) is 16.2. The molecule has 1 aliphatic carbocycles. The van der Waals surface area contributed by atoms with Gasteiger partial charge in [-0.15, -0.1) is 0 Å². The molecule has 1 aromatic carbocycles. The quantitative estimate of drug-likeness (QED) is 0.878. The van der Waals surface area contributed by atoms with Crippen LogP contribution in [0.3, 0.4) is 0 Å². The fraction of sp³-hybridized carbons (Fsp3) is 0.562. The minimum absolute atomic E-state index is 0.0814. The predicted molar refractivity (Wildman–Crippen MR) is 77.5 cm³/mol. The Hall–Kier alpha value is -1.69. The van der Waals surface area contributed by atoms with E-state index in [0.29, 0.717) is 12.8 Å². The van der Waals surface area contributed by atoms with Crippen LogP contribution in [-0.4, -0.2) is 29.3 Å². The van der Waals surface area contributed by atoms with Crippen molar-refractivity contribution in [1.82, 2.24) is 5.32 Å². The second-order valence-electron chi connectivity index (χ2n) is 5.84. The van der Waals surface area contributed by atoms with E-state index in [2.05, 4.69) is 5.32 Å². The number of hydrogen-bond donors (Lipinski definition) is 2. The van der Waals surface area contributed by atoms with E-state index in [9.17, 15) is 18.7 Å². The van der Waals surface area contributed by atoms with Crippen LogP contribution in [-0.2, 0) is 4.79 Å². The van der Waals surface area contributed by atoms with Crippen molar-refractivity contribution in [1.29, 1.82) is 0 Å². The molecule has 0 aliphatic heterocycles. The summed E-state index contributed by atoms with van der Waals surface area (Å²) in [5, 5.41) is 13.0. The lowest BCUT2D eigenvalue weighted by atomic mass is 9.85. The fourth-order valence-electron chi connectivity index (χ4n) is 2.59. The van der Waals surface area contributed by atoms with Crippen LogP contribution in [0.1, 0.15) is 39.0 Å². The van der Waals surface area contributed by atoms with Gasteiger partial charge in [-0.3, -0.25) is 4.79 Å². The third kappa shape index (κ3) is 4.40. The number of carbonyl (C=O) groups excluding carboxylic acids is 1. The van der Waals surface area contributed by atoms with Gasteiger partial charge in [0.1, 0.15) is 5.75 Å². The molecule has 0 spiro atoms. The van der Waals surface area contributed by atoms with E-state index in [1.54, 1.807) is 0 Å². The van der Waals surface area contributed by atoms with Crippen LogP contribution < -0.4 is 10.1 Å². The van der Waals surface area contributed by atoms with E-state index < -0.39 is 29.2 Å². The topological polar surface area (TPSA) is 58.6 Å². The number of benzene rings is 1. The van der Waals surface area contributed by atoms with Crippen molar-refractivity contribution in [3.63, 3.8) is 0 Å². The van der Waals surface area contributed by atoms with Gasteiger partial charge in [0.05, 0.1) is 5.60 Å². The molecule has 22 heavy (non-hydrogen) atoms. The molecule has 0 radical (unpaired) electrons. The highest BCUT2D eigenvalue weighted by Crippen LogP contribution is 2.27. The summed E-state index contributed by atoms with van der Waals surface area (Å²) in [7, 11) is 0. The van der Waals surface area contributed by atoms with E-state index in [1.165, 1.54) is 13.0 Å². The highest BCUT2D eigenvalue weighted by Gasteiger charge is 2.30. The summed E-state index contributed by atoms with van der Waals surface area (Å²) in [6.07, 6.45) is 3.49. The number of nitrogens with one attached hydrogen (secondary N) is 1. The van der Waals surface area contributed by atoms with E-state index in [4.69, 9.17) is 4.74 Å². The average Bonchev–Trinajstić information content (AvgIpc) is 2.49. The van der Waals surface area contributed by atoms with Gasteiger partial charge in [-0.2, -0.15) is 0 Å². The Bertz CT molecular complexity index is 530. The van der Waals surface area contributed by atoms with Gasteiger partial charge < -0.3 is 15.2 Å². The van der Waals surface area contributed by atoms with Crippen LogP contribution in [0.15, 0.2) is 18.2 Å².